The minimum absolute atomic E-state index is 0.225. The molecule has 2 rings (SSSR count). The fourth-order valence-corrected chi connectivity index (χ4v) is 3.03. The Hall–Kier alpha value is -1.13. The second kappa shape index (κ2) is 5.88. The zero-order valence-corrected chi connectivity index (χ0v) is 11.7. The second-order valence-corrected chi connectivity index (χ2v) is 5.57. The van der Waals surface area contributed by atoms with E-state index < -0.39 is 5.60 Å². The van der Waals surface area contributed by atoms with Crippen LogP contribution in [0.1, 0.15) is 31.2 Å². The average Bonchev–Trinajstić information content (AvgIpc) is 2.76. The van der Waals surface area contributed by atoms with E-state index in [2.05, 4.69) is 5.32 Å². The Morgan fingerprint density at radius 2 is 2.05 bits per heavy atom. The smallest absolute Gasteiger partial charge is 0.146 e. The van der Waals surface area contributed by atoms with Crippen molar-refractivity contribution in [3.63, 3.8) is 0 Å². The first-order valence-corrected chi connectivity index (χ1v) is 6.91. The lowest BCUT2D eigenvalue weighted by Crippen LogP contribution is -2.40. The van der Waals surface area contributed by atoms with E-state index in [-0.39, 0.29) is 5.82 Å². The highest BCUT2D eigenvalue weighted by molar-refractivity contribution is 5.54. The number of benzene rings is 1. The van der Waals surface area contributed by atoms with Crippen LogP contribution in [0, 0.1) is 5.82 Å². The monoisotopic (exact) mass is 266 g/mol. The van der Waals surface area contributed by atoms with E-state index in [1.165, 1.54) is 6.07 Å². The first-order chi connectivity index (χ1) is 9.06. The van der Waals surface area contributed by atoms with Gasteiger partial charge < -0.3 is 15.3 Å². The summed E-state index contributed by atoms with van der Waals surface area (Å²) in [5.41, 5.74) is 0.859. The molecule has 1 saturated carbocycles. The first-order valence-electron chi connectivity index (χ1n) is 6.91. The molecule has 1 aromatic carbocycles. The zero-order valence-electron chi connectivity index (χ0n) is 11.7. The van der Waals surface area contributed by atoms with Gasteiger partial charge in [-0.05, 0) is 31.5 Å². The van der Waals surface area contributed by atoms with Gasteiger partial charge in [-0.2, -0.15) is 0 Å². The lowest BCUT2D eigenvalue weighted by molar-refractivity contribution is 0.0558. The number of halogens is 1. The predicted molar refractivity (Wildman–Crippen MR) is 75.9 cm³/mol. The van der Waals surface area contributed by atoms with E-state index in [1.807, 2.05) is 25.1 Å². The number of anilines is 1. The summed E-state index contributed by atoms with van der Waals surface area (Å²) in [6, 6.07) is 5.12. The normalized spacial score (nSPS) is 17.7. The maximum atomic E-state index is 14.1. The number of hydrogen-bond donors (Lipinski definition) is 2. The number of aliphatic hydroxyl groups is 1. The molecule has 1 aliphatic carbocycles. The third-order valence-electron chi connectivity index (χ3n) is 3.89. The van der Waals surface area contributed by atoms with Crippen molar-refractivity contribution in [1.29, 1.82) is 0 Å². The molecule has 1 aliphatic rings. The van der Waals surface area contributed by atoms with Crippen LogP contribution in [0.4, 0.5) is 10.1 Å². The van der Waals surface area contributed by atoms with Crippen LogP contribution in [-0.4, -0.2) is 31.3 Å². The molecule has 19 heavy (non-hydrogen) atoms. The van der Waals surface area contributed by atoms with Crippen molar-refractivity contribution in [2.45, 2.75) is 37.8 Å². The molecule has 0 heterocycles. The molecule has 0 unspecified atom stereocenters. The van der Waals surface area contributed by atoms with Crippen LogP contribution in [0.15, 0.2) is 18.2 Å². The number of rotatable bonds is 5. The summed E-state index contributed by atoms with van der Waals surface area (Å²) >= 11 is 0. The molecular formula is C15H23FN2O. The van der Waals surface area contributed by atoms with Gasteiger partial charge in [0.25, 0.3) is 0 Å². The van der Waals surface area contributed by atoms with Crippen molar-refractivity contribution >= 4 is 5.69 Å². The average molecular weight is 266 g/mol. The summed E-state index contributed by atoms with van der Waals surface area (Å²) in [5, 5.41) is 13.5. The topological polar surface area (TPSA) is 35.5 Å². The van der Waals surface area contributed by atoms with Gasteiger partial charge >= 0.3 is 0 Å². The highest BCUT2D eigenvalue weighted by Gasteiger charge is 2.33. The predicted octanol–water partition coefficient (Wildman–Crippen LogP) is 2.29. The van der Waals surface area contributed by atoms with Crippen LogP contribution in [-0.2, 0) is 6.54 Å². The molecule has 1 aromatic rings. The van der Waals surface area contributed by atoms with Crippen molar-refractivity contribution in [2.24, 2.45) is 0 Å². The Morgan fingerprint density at radius 3 is 2.68 bits per heavy atom. The van der Waals surface area contributed by atoms with Gasteiger partial charge in [-0.3, -0.25) is 0 Å². The van der Waals surface area contributed by atoms with E-state index in [4.69, 9.17) is 0 Å². The second-order valence-electron chi connectivity index (χ2n) is 5.57. The SMILES string of the molecule is CNCc1cccc(F)c1N(C)CC1(O)CCCC1. The molecule has 2 N–H and O–H groups in total. The molecule has 4 heteroatoms. The van der Waals surface area contributed by atoms with Crippen LogP contribution >= 0.6 is 0 Å². The van der Waals surface area contributed by atoms with Crippen molar-refractivity contribution in [1.82, 2.24) is 5.32 Å². The van der Waals surface area contributed by atoms with Crippen LogP contribution in [0.5, 0.6) is 0 Å². The number of hydrogen-bond acceptors (Lipinski definition) is 3. The third-order valence-corrected chi connectivity index (χ3v) is 3.89. The Morgan fingerprint density at radius 1 is 1.37 bits per heavy atom. The Labute approximate surface area is 114 Å². The molecular weight excluding hydrogens is 243 g/mol. The summed E-state index contributed by atoms with van der Waals surface area (Å²) < 4.78 is 14.1. The molecule has 0 aromatic heterocycles. The van der Waals surface area contributed by atoms with Gasteiger partial charge in [-0.15, -0.1) is 0 Å². The van der Waals surface area contributed by atoms with Crippen LogP contribution < -0.4 is 10.2 Å². The van der Waals surface area contributed by atoms with Gasteiger partial charge in [-0.1, -0.05) is 25.0 Å². The lowest BCUT2D eigenvalue weighted by Gasteiger charge is -2.31. The van der Waals surface area contributed by atoms with Gasteiger partial charge in [0, 0.05) is 20.1 Å². The largest absolute Gasteiger partial charge is 0.388 e. The summed E-state index contributed by atoms with van der Waals surface area (Å²) in [7, 11) is 3.70. The van der Waals surface area contributed by atoms with Gasteiger partial charge in [0.15, 0.2) is 0 Å². The van der Waals surface area contributed by atoms with Crippen LogP contribution in [0.3, 0.4) is 0 Å². The highest BCUT2D eigenvalue weighted by Crippen LogP contribution is 2.32. The first kappa shape index (κ1) is 14.3. The fraction of sp³-hybridized carbons (Fsp3) is 0.600. The molecule has 0 spiro atoms. The van der Waals surface area contributed by atoms with Crippen molar-refractivity contribution in [3.05, 3.63) is 29.6 Å². The number of nitrogens with zero attached hydrogens (tertiary/aromatic N) is 1. The highest BCUT2D eigenvalue weighted by atomic mass is 19.1. The van der Waals surface area contributed by atoms with Crippen LogP contribution in [0.2, 0.25) is 0 Å². The van der Waals surface area contributed by atoms with Crippen molar-refractivity contribution in [3.8, 4) is 0 Å². The summed E-state index contributed by atoms with van der Waals surface area (Å²) in [6.45, 7) is 1.11. The third kappa shape index (κ3) is 3.25. The minimum Gasteiger partial charge on any atom is -0.388 e. The van der Waals surface area contributed by atoms with E-state index in [0.717, 1.165) is 31.2 Å². The van der Waals surface area contributed by atoms with Crippen LogP contribution in [0.25, 0.3) is 0 Å². The number of likely N-dealkylation sites (N-methyl/N-ethyl adjacent to an activating group) is 1. The van der Waals surface area contributed by atoms with Crippen molar-refractivity contribution < 1.29 is 9.50 Å². The van der Waals surface area contributed by atoms with E-state index in [1.54, 1.807) is 6.07 Å². The number of para-hydroxylation sites is 1. The zero-order chi connectivity index (χ0) is 13.9. The lowest BCUT2D eigenvalue weighted by atomic mass is 10.0. The standard InChI is InChI=1S/C15H23FN2O/c1-17-10-12-6-5-7-13(16)14(12)18(2)11-15(19)8-3-4-9-15/h5-7,17,19H,3-4,8-11H2,1-2H3. The fourth-order valence-electron chi connectivity index (χ4n) is 3.03. The van der Waals surface area contributed by atoms with Gasteiger partial charge in [0.2, 0.25) is 0 Å². The molecule has 0 bridgehead atoms. The molecule has 0 saturated heterocycles. The van der Waals surface area contributed by atoms with E-state index in [0.29, 0.717) is 18.8 Å². The Balaban J connectivity index is 2.20. The quantitative estimate of drug-likeness (QED) is 0.858. The van der Waals surface area contributed by atoms with Gasteiger partial charge in [0.05, 0.1) is 11.3 Å². The summed E-state index contributed by atoms with van der Waals surface area (Å²) in [6.07, 6.45) is 3.75. The van der Waals surface area contributed by atoms with E-state index in [9.17, 15) is 9.50 Å². The maximum Gasteiger partial charge on any atom is 0.146 e. The maximum absolute atomic E-state index is 14.1. The molecule has 0 radical (unpaired) electrons. The molecule has 1 fully saturated rings. The molecule has 0 atom stereocenters. The molecule has 106 valence electrons. The van der Waals surface area contributed by atoms with Gasteiger partial charge in [-0.25, -0.2) is 4.39 Å². The summed E-state index contributed by atoms with van der Waals surface area (Å²) in [4.78, 5) is 1.85. The molecule has 0 amide bonds. The minimum atomic E-state index is -0.659. The summed E-state index contributed by atoms with van der Waals surface area (Å²) in [5.74, 6) is -0.225. The number of nitrogens with one attached hydrogen (secondary N) is 1. The molecule has 0 aliphatic heterocycles. The van der Waals surface area contributed by atoms with Gasteiger partial charge in [0.1, 0.15) is 5.82 Å². The Bertz CT molecular complexity index is 430. The van der Waals surface area contributed by atoms with Crippen molar-refractivity contribution in [2.75, 3.05) is 25.5 Å². The Kier molecular flexibility index (Phi) is 4.42. The van der Waals surface area contributed by atoms with E-state index >= 15 is 0 Å². The molecule has 3 nitrogen and oxygen atoms in total.